The molecule has 0 heterocycles. The largest absolute Gasteiger partial charge is 0.466 e. The van der Waals surface area contributed by atoms with Crippen LogP contribution in [0.3, 0.4) is 0 Å². The molecule has 0 bridgehead atoms. The molecular formula is C8H11F7O. The van der Waals surface area contributed by atoms with E-state index < -0.39 is 30.5 Å². The van der Waals surface area contributed by atoms with Gasteiger partial charge in [0, 0.05) is 6.42 Å². The summed E-state index contributed by atoms with van der Waals surface area (Å²) >= 11 is 0. The lowest BCUT2D eigenvalue weighted by Gasteiger charge is -2.23. The van der Waals surface area contributed by atoms with Crippen molar-refractivity contribution in [1.82, 2.24) is 0 Å². The van der Waals surface area contributed by atoms with Gasteiger partial charge in [0.25, 0.3) is 0 Å². The van der Waals surface area contributed by atoms with Crippen molar-refractivity contribution < 1.29 is 35.5 Å². The molecule has 98 valence electrons. The van der Waals surface area contributed by atoms with Crippen LogP contribution in [0.4, 0.5) is 30.7 Å². The van der Waals surface area contributed by atoms with Crippen molar-refractivity contribution in [3.05, 3.63) is 12.1 Å². The van der Waals surface area contributed by atoms with E-state index in [1.54, 1.807) is 0 Å². The fourth-order valence-corrected chi connectivity index (χ4v) is 0.432. The smallest absolute Gasteiger partial charge is 0.398 e. The zero-order valence-electron chi connectivity index (χ0n) is 8.76. The highest BCUT2D eigenvalue weighted by Gasteiger charge is 2.58. The van der Waals surface area contributed by atoms with Crippen molar-refractivity contribution in [3.8, 4) is 0 Å². The van der Waals surface area contributed by atoms with Crippen LogP contribution in [0.5, 0.6) is 0 Å². The van der Waals surface area contributed by atoms with Crippen LogP contribution in [-0.4, -0.2) is 12.0 Å². The van der Waals surface area contributed by atoms with E-state index in [0.717, 1.165) is 0 Å². The number of hydrogen-bond donors (Lipinski definition) is 0. The van der Waals surface area contributed by atoms with Crippen LogP contribution in [0.15, 0.2) is 12.1 Å². The summed E-state index contributed by atoms with van der Waals surface area (Å²) in [6, 6.07) is -3.01. The Morgan fingerprint density at radius 1 is 1.00 bits per heavy atom. The second-order valence-electron chi connectivity index (χ2n) is 2.21. The number of ether oxygens (including phenoxy) is 1. The Balaban J connectivity index is 0. The molecule has 8 heteroatoms. The molecule has 16 heavy (non-hydrogen) atoms. The average molecular weight is 256 g/mol. The first-order valence-electron chi connectivity index (χ1n) is 4.29. The van der Waals surface area contributed by atoms with Gasteiger partial charge in [0.2, 0.25) is 0 Å². The first-order valence-corrected chi connectivity index (χ1v) is 4.29. The summed E-state index contributed by atoms with van der Waals surface area (Å²) in [6.45, 7) is 4.67. The fourth-order valence-electron chi connectivity index (χ4n) is 0.432. The predicted molar refractivity (Wildman–Crippen MR) is 43.0 cm³/mol. The van der Waals surface area contributed by atoms with Gasteiger partial charge in [-0.1, -0.05) is 20.8 Å². The lowest BCUT2D eigenvalue weighted by Crippen LogP contribution is -2.41. The van der Waals surface area contributed by atoms with E-state index in [-0.39, 0.29) is 0 Å². The lowest BCUT2D eigenvalue weighted by molar-refractivity contribution is -0.340. The van der Waals surface area contributed by atoms with E-state index in [0.29, 0.717) is 6.92 Å². The summed E-state index contributed by atoms with van der Waals surface area (Å²) in [5.74, 6) is -4.71. The van der Waals surface area contributed by atoms with E-state index in [4.69, 9.17) is 0 Å². The Bertz CT molecular complexity index is 233. The van der Waals surface area contributed by atoms with Crippen LogP contribution in [0.2, 0.25) is 0 Å². The van der Waals surface area contributed by atoms with Crippen molar-refractivity contribution in [1.29, 1.82) is 0 Å². The van der Waals surface area contributed by atoms with Gasteiger partial charge < -0.3 is 4.74 Å². The van der Waals surface area contributed by atoms with E-state index >= 15 is 0 Å². The summed E-state index contributed by atoms with van der Waals surface area (Å²) in [4.78, 5) is 0. The highest BCUT2D eigenvalue weighted by atomic mass is 19.3. The molecule has 0 saturated heterocycles. The average Bonchev–Trinajstić information content (AvgIpc) is 2.19. The number of alkyl halides is 4. The molecule has 0 amide bonds. The van der Waals surface area contributed by atoms with Gasteiger partial charge in [-0.25, -0.2) is 0 Å². The SMILES string of the molecule is CC.CCC(F)(F)C(F)(F)OC(F)=C(F)F. The van der Waals surface area contributed by atoms with Gasteiger partial charge in [-0.3, -0.25) is 0 Å². The predicted octanol–water partition coefficient (Wildman–Crippen LogP) is 4.70. The third kappa shape index (κ3) is 4.71. The number of rotatable bonds is 4. The van der Waals surface area contributed by atoms with Gasteiger partial charge >= 0.3 is 24.1 Å². The molecule has 1 nitrogen and oxygen atoms in total. The molecule has 0 aromatic rings. The summed E-state index contributed by atoms with van der Waals surface area (Å²) in [5, 5.41) is 0. The molecule has 0 unspecified atom stereocenters. The van der Waals surface area contributed by atoms with Crippen LogP contribution in [-0.2, 0) is 4.74 Å². The van der Waals surface area contributed by atoms with Gasteiger partial charge in [-0.2, -0.15) is 30.7 Å². The molecular weight excluding hydrogens is 245 g/mol. The molecule has 0 aromatic heterocycles. The summed E-state index contributed by atoms with van der Waals surface area (Å²) in [5.41, 5.74) is 0. The zero-order valence-corrected chi connectivity index (χ0v) is 8.76. The minimum Gasteiger partial charge on any atom is -0.398 e. The molecule has 0 saturated carbocycles. The molecule has 0 aliphatic carbocycles. The van der Waals surface area contributed by atoms with E-state index in [1.807, 2.05) is 13.8 Å². The molecule has 0 aliphatic rings. The van der Waals surface area contributed by atoms with Crippen molar-refractivity contribution in [2.24, 2.45) is 0 Å². The molecule has 0 rings (SSSR count). The molecule has 0 aliphatic heterocycles. The first-order chi connectivity index (χ1) is 7.14. The molecule has 0 atom stereocenters. The molecule has 0 aromatic carbocycles. The van der Waals surface area contributed by atoms with Crippen LogP contribution in [0, 0.1) is 0 Å². The van der Waals surface area contributed by atoms with Gasteiger partial charge in [0.05, 0.1) is 0 Å². The van der Waals surface area contributed by atoms with Crippen LogP contribution < -0.4 is 0 Å². The summed E-state index contributed by atoms with van der Waals surface area (Å²) in [7, 11) is 0. The maximum atomic E-state index is 12.2. The third-order valence-corrected chi connectivity index (χ3v) is 1.24. The van der Waals surface area contributed by atoms with Crippen molar-refractivity contribution in [2.75, 3.05) is 0 Å². The minimum absolute atomic E-state index is 0.671. The maximum Gasteiger partial charge on any atom is 0.466 e. The Kier molecular flexibility index (Phi) is 7.19. The zero-order chi connectivity index (χ0) is 13.6. The van der Waals surface area contributed by atoms with Gasteiger partial charge in [0.1, 0.15) is 0 Å². The quantitative estimate of drug-likeness (QED) is 0.523. The third-order valence-electron chi connectivity index (χ3n) is 1.24. The topological polar surface area (TPSA) is 9.23 Å². The second kappa shape index (κ2) is 6.59. The molecule has 0 spiro atoms. The Hall–Kier alpha value is -0.950. The van der Waals surface area contributed by atoms with E-state index in [2.05, 4.69) is 4.74 Å². The van der Waals surface area contributed by atoms with Gasteiger partial charge in [0.15, 0.2) is 0 Å². The fraction of sp³-hybridized carbons (Fsp3) is 0.750. The van der Waals surface area contributed by atoms with Crippen molar-refractivity contribution in [2.45, 2.75) is 39.2 Å². The van der Waals surface area contributed by atoms with Crippen LogP contribution in [0.1, 0.15) is 27.2 Å². The Morgan fingerprint density at radius 2 is 1.38 bits per heavy atom. The molecule has 0 radical (unpaired) electrons. The molecule has 0 fully saturated rings. The van der Waals surface area contributed by atoms with Gasteiger partial charge in [-0.05, 0) is 0 Å². The highest BCUT2D eigenvalue weighted by molar-refractivity contribution is 4.86. The van der Waals surface area contributed by atoms with E-state index in [9.17, 15) is 30.7 Å². The highest BCUT2D eigenvalue weighted by Crippen LogP contribution is 2.39. The van der Waals surface area contributed by atoms with Crippen LogP contribution in [0.25, 0.3) is 0 Å². The standard InChI is InChI=1S/C6H5F7O.C2H6/c1-2-5(10,11)6(12,13)14-4(9)3(7)8;1-2/h2H2,1H3;1-2H3. The molecule has 0 N–H and O–H groups in total. The van der Waals surface area contributed by atoms with Crippen LogP contribution >= 0.6 is 0 Å². The maximum absolute atomic E-state index is 12.2. The monoisotopic (exact) mass is 256 g/mol. The van der Waals surface area contributed by atoms with Crippen molar-refractivity contribution >= 4 is 0 Å². The Morgan fingerprint density at radius 3 is 1.62 bits per heavy atom. The summed E-state index contributed by atoms with van der Waals surface area (Å²) < 4.78 is 85.8. The first kappa shape index (κ1) is 17.4. The number of hydrogen-bond acceptors (Lipinski definition) is 1. The van der Waals surface area contributed by atoms with Crippen molar-refractivity contribution in [3.63, 3.8) is 0 Å². The lowest BCUT2D eigenvalue weighted by atomic mass is 10.2. The Labute approximate surface area is 87.9 Å². The summed E-state index contributed by atoms with van der Waals surface area (Å²) in [6.07, 6.45) is -9.90. The second-order valence-corrected chi connectivity index (χ2v) is 2.21. The van der Waals surface area contributed by atoms with Gasteiger partial charge in [-0.15, -0.1) is 0 Å². The van der Waals surface area contributed by atoms with E-state index in [1.165, 1.54) is 0 Å². The normalized spacial score (nSPS) is 11.4. The number of halogens is 7. The minimum atomic E-state index is -5.30.